The molecule has 0 bridgehead atoms. The van der Waals surface area contributed by atoms with Crippen molar-refractivity contribution in [2.24, 2.45) is 0 Å². The van der Waals surface area contributed by atoms with E-state index < -0.39 is 5.82 Å². The topological polar surface area (TPSA) is 49.4 Å². The number of carbonyl (C=O) groups excluding carboxylic acids is 2. The van der Waals surface area contributed by atoms with E-state index in [4.69, 9.17) is 0 Å². The molecule has 18 heavy (non-hydrogen) atoms. The normalized spacial score (nSPS) is 15.0. The van der Waals surface area contributed by atoms with Gasteiger partial charge in [0.05, 0.1) is 0 Å². The van der Waals surface area contributed by atoms with Crippen LogP contribution in [0.1, 0.15) is 5.56 Å². The minimum absolute atomic E-state index is 0.0157. The van der Waals surface area contributed by atoms with Crippen LogP contribution in [-0.4, -0.2) is 34.9 Å². The van der Waals surface area contributed by atoms with Gasteiger partial charge < -0.3 is 10.2 Å². The fourth-order valence-corrected chi connectivity index (χ4v) is 2.49. The Hall–Kier alpha value is -1.56. The van der Waals surface area contributed by atoms with Gasteiger partial charge in [0.1, 0.15) is 12.4 Å². The van der Waals surface area contributed by atoms with Gasteiger partial charge >= 0.3 is 0 Å². The first-order chi connectivity index (χ1) is 8.56. The van der Waals surface area contributed by atoms with E-state index in [1.165, 1.54) is 28.8 Å². The monoisotopic (exact) mass is 268 g/mol. The number of hydrogen-bond acceptors (Lipinski definition) is 3. The Balaban J connectivity index is 1.98. The Kier molecular flexibility index (Phi) is 3.86. The van der Waals surface area contributed by atoms with Crippen LogP contribution in [0, 0.1) is 12.7 Å². The van der Waals surface area contributed by atoms with E-state index in [2.05, 4.69) is 5.32 Å². The predicted molar refractivity (Wildman–Crippen MR) is 69.2 cm³/mol. The summed E-state index contributed by atoms with van der Waals surface area (Å²) in [5, 5.41) is 2.53. The summed E-state index contributed by atoms with van der Waals surface area (Å²) >= 11 is 1.21. The molecule has 1 fully saturated rings. The lowest BCUT2D eigenvalue weighted by molar-refractivity contribution is -0.116. The number of carbonyl (C=O) groups is 2. The highest BCUT2D eigenvalue weighted by Crippen LogP contribution is 2.18. The van der Waals surface area contributed by atoms with Crippen LogP contribution >= 0.6 is 11.8 Å². The zero-order chi connectivity index (χ0) is 13.1. The second kappa shape index (κ2) is 5.39. The Morgan fingerprint density at radius 3 is 3.00 bits per heavy atom. The van der Waals surface area contributed by atoms with Crippen molar-refractivity contribution < 1.29 is 14.0 Å². The molecule has 0 spiro atoms. The molecule has 96 valence electrons. The summed E-state index contributed by atoms with van der Waals surface area (Å²) in [5.74, 6) is 0.00808. The van der Waals surface area contributed by atoms with Crippen molar-refractivity contribution in [1.82, 2.24) is 4.90 Å². The molecule has 0 aliphatic carbocycles. The molecule has 1 saturated heterocycles. The average Bonchev–Trinajstić information content (AvgIpc) is 2.70. The van der Waals surface area contributed by atoms with Crippen molar-refractivity contribution in [1.29, 1.82) is 0 Å². The molecule has 0 atom stereocenters. The average molecular weight is 268 g/mol. The summed E-state index contributed by atoms with van der Waals surface area (Å²) in [6.07, 6.45) is 0. The molecule has 0 aromatic heterocycles. The summed E-state index contributed by atoms with van der Waals surface area (Å²) in [6.45, 7) is 2.38. The Morgan fingerprint density at radius 2 is 2.33 bits per heavy atom. The fourth-order valence-electron chi connectivity index (χ4n) is 1.66. The first-order valence-electron chi connectivity index (χ1n) is 5.54. The summed E-state index contributed by atoms with van der Waals surface area (Å²) in [5.41, 5.74) is 1.23. The molecule has 1 aromatic rings. The van der Waals surface area contributed by atoms with Crippen molar-refractivity contribution in [2.75, 3.05) is 24.2 Å². The van der Waals surface area contributed by atoms with E-state index in [0.717, 1.165) is 5.56 Å². The van der Waals surface area contributed by atoms with Gasteiger partial charge in [-0.25, -0.2) is 4.39 Å². The predicted octanol–water partition coefficient (Wildman–Crippen LogP) is 2.24. The molecule has 0 unspecified atom stereocenters. The van der Waals surface area contributed by atoms with E-state index in [-0.39, 0.29) is 17.7 Å². The fraction of sp³-hybridized carbons (Fsp3) is 0.333. The molecule has 6 heteroatoms. The number of anilines is 1. The molecule has 1 aliphatic rings. The minimum Gasteiger partial charge on any atom is -0.324 e. The van der Waals surface area contributed by atoms with Gasteiger partial charge in [-0.1, -0.05) is 17.8 Å². The molecule has 2 amide bonds. The van der Waals surface area contributed by atoms with Crippen LogP contribution in [0.2, 0.25) is 0 Å². The van der Waals surface area contributed by atoms with Crippen LogP contribution in [0.25, 0.3) is 0 Å². The number of hydrogen-bond donors (Lipinski definition) is 1. The van der Waals surface area contributed by atoms with Crippen LogP contribution in [0.5, 0.6) is 0 Å². The van der Waals surface area contributed by atoms with Gasteiger partial charge in [0.15, 0.2) is 0 Å². The van der Waals surface area contributed by atoms with Crippen LogP contribution in [0.4, 0.5) is 14.9 Å². The third-order valence-electron chi connectivity index (χ3n) is 2.65. The lowest BCUT2D eigenvalue weighted by Crippen LogP contribution is -2.33. The Bertz CT molecular complexity index is 493. The SMILES string of the molecule is Cc1ccc(F)cc1NC(=O)CN1CCSC1=O. The number of halogens is 1. The van der Waals surface area contributed by atoms with Crippen molar-refractivity contribution in [3.63, 3.8) is 0 Å². The highest BCUT2D eigenvalue weighted by Gasteiger charge is 2.23. The summed E-state index contributed by atoms with van der Waals surface area (Å²) in [7, 11) is 0. The van der Waals surface area contributed by atoms with Gasteiger partial charge in [-0.15, -0.1) is 0 Å². The van der Waals surface area contributed by atoms with E-state index in [0.29, 0.717) is 18.0 Å². The third kappa shape index (κ3) is 3.01. The Morgan fingerprint density at radius 1 is 1.56 bits per heavy atom. The van der Waals surface area contributed by atoms with Crippen molar-refractivity contribution in [3.8, 4) is 0 Å². The molecular weight excluding hydrogens is 255 g/mol. The van der Waals surface area contributed by atoms with Crippen LogP contribution in [-0.2, 0) is 4.79 Å². The summed E-state index contributed by atoms with van der Waals surface area (Å²) in [6, 6.07) is 4.21. The molecular formula is C12H13FN2O2S. The lowest BCUT2D eigenvalue weighted by atomic mass is 10.2. The van der Waals surface area contributed by atoms with Gasteiger partial charge in [-0.05, 0) is 24.6 Å². The van der Waals surface area contributed by atoms with Crippen LogP contribution in [0.3, 0.4) is 0 Å². The molecule has 1 aromatic carbocycles. The van der Waals surface area contributed by atoms with Gasteiger partial charge in [-0.2, -0.15) is 0 Å². The summed E-state index contributed by atoms with van der Waals surface area (Å²) in [4.78, 5) is 24.6. The standard InChI is InChI=1S/C12H13FN2O2S/c1-8-2-3-9(13)6-10(8)14-11(16)7-15-4-5-18-12(15)17/h2-3,6H,4-5,7H2,1H3,(H,14,16). The van der Waals surface area contributed by atoms with Crippen molar-refractivity contribution >= 4 is 28.6 Å². The quantitative estimate of drug-likeness (QED) is 0.914. The number of thioether (sulfide) groups is 1. The first kappa shape index (κ1) is 12.9. The second-order valence-corrected chi connectivity index (χ2v) is 5.09. The van der Waals surface area contributed by atoms with E-state index in [9.17, 15) is 14.0 Å². The van der Waals surface area contributed by atoms with Crippen LogP contribution in [0.15, 0.2) is 18.2 Å². The molecule has 1 N–H and O–H groups in total. The van der Waals surface area contributed by atoms with Gasteiger partial charge in [0, 0.05) is 18.0 Å². The van der Waals surface area contributed by atoms with Crippen LogP contribution < -0.4 is 5.32 Å². The molecule has 0 saturated carbocycles. The minimum atomic E-state index is -0.399. The van der Waals surface area contributed by atoms with E-state index >= 15 is 0 Å². The second-order valence-electron chi connectivity index (χ2n) is 4.04. The first-order valence-corrected chi connectivity index (χ1v) is 6.52. The smallest absolute Gasteiger partial charge is 0.282 e. The molecule has 1 heterocycles. The Labute approximate surface area is 109 Å². The highest BCUT2D eigenvalue weighted by molar-refractivity contribution is 8.13. The number of aryl methyl sites for hydroxylation is 1. The van der Waals surface area contributed by atoms with E-state index in [1.807, 2.05) is 0 Å². The number of rotatable bonds is 3. The number of nitrogens with one attached hydrogen (secondary N) is 1. The molecule has 1 aliphatic heterocycles. The lowest BCUT2D eigenvalue weighted by Gasteiger charge is -2.15. The maximum atomic E-state index is 13.0. The van der Waals surface area contributed by atoms with Crippen molar-refractivity contribution in [2.45, 2.75) is 6.92 Å². The zero-order valence-corrected chi connectivity index (χ0v) is 10.7. The van der Waals surface area contributed by atoms with Gasteiger partial charge in [-0.3, -0.25) is 9.59 Å². The largest absolute Gasteiger partial charge is 0.324 e. The molecule has 4 nitrogen and oxygen atoms in total. The maximum absolute atomic E-state index is 13.0. The third-order valence-corrected chi connectivity index (χ3v) is 3.54. The molecule has 2 rings (SSSR count). The highest BCUT2D eigenvalue weighted by atomic mass is 32.2. The number of nitrogens with zero attached hydrogens (tertiary/aromatic N) is 1. The number of benzene rings is 1. The summed E-state index contributed by atoms with van der Waals surface area (Å²) < 4.78 is 13.0. The van der Waals surface area contributed by atoms with Crippen molar-refractivity contribution in [3.05, 3.63) is 29.6 Å². The molecule has 0 radical (unpaired) electrons. The number of amides is 2. The van der Waals surface area contributed by atoms with E-state index in [1.54, 1.807) is 13.0 Å². The zero-order valence-electron chi connectivity index (χ0n) is 9.90. The van der Waals surface area contributed by atoms with Gasteiger partial charge in [0.25, 0.3) is 5.24 Å². The van der Waals surface area contributed by atoms with Gasteiger partial charge in [0.2, 0.25) is 5.91 Å². The maximum Gasteiger partial charge on any atom is 0.282 e.